The zero-order valence-electron chi connectivity index (χ0n) is 9.41. The highest BCUT2D eigenvalue weighted by Crippen LogP contribution is 2.39. The molecule has 82 valence electrons. The molecule has 2 radical (unpaired) electrons. The maximum atomic E-state index is 11.3. The molecular formula is C12H13BO3. The summed E-state index contributed by atoms with van der Waals surface area (Å²) < 4.78 is 5.13. The fourth-order valence-electron chi connectivity index (χ4n) is 2.28. The van der Waals surface area contributed by atoms with E-state index in [9.17, 15) is 9.90 Å². The number of carbonyl (C=O) groups is 1. The van der Waals surface area contributed by atoms with Gasteiger partial charge in [-0.3, -0.25) is 4.79 Å². The molecule has 1 aliphatic carbocycles. The Morgan fingerprint density at radius 2 is 2.25 bits per heavy atom. The van der Waals surface area contributed by atoms with Crippen LogP contribution in [-0.2, 0) is 16.6 Å². The van der Waals surface area contributed by atoms with Gasteiger partial charge in [-0.05, 0) is 37.0 Å². The standard InChI is InChI=1S/C12H13BO3/c1-12(11(14)15)4-3-7-5-9(13)10(16-2)6-8(7)12/h5-6H,3-4H2,1-2H3,(H,14,15). The Hall–Kier alpha value is -1.45. The highest BCUT2D eigenvalue weighted by Gasteiger charge is 2.41. The van der Waals surface area contributed by atoms with Gasteiger partial charge < -0.3 is 9.84 Å². The Kier molecular flexibility index (Phi) is 2.45. The van der Waals surface area contributed by atoms with E-state index in [1.165, 1.54) is 7.11 Å². The second-order valence-corrected chi connectivity index (χ2v) is 4.39. The predicted octanol–water partition coefficient (Wildman–Crippen LogP) is 0.778. The Bertz CT molecular complexity index is 456. The minimum absolute atomic E-state index is 0.549. The summed E-state index contributed by atoms with van der Waals surface area (Å²) in [4.78, 5) is 11.3. The second-order valence-electron chi connectivity index (χ2n) is 4.39. The van der Waals surface area contributed by atoms with Gasteiger partial charge >= 0.3 is 5.97 Å². The van der Waals surface area contributed by atoms with E-state index in [4.69, 9.17) is 12.6 Å². The Morgan fingerprint density at radius 1 is 1.56 bits per heavy atom. The molecular weight excluding hydrogens is 203 g/mol. The fraction of sp³-hybridized carbons (Fsp3) is 0.417. The molecule has 0 spiro atoms. The van der Waals surface area contributed by atoms with Gasteiger partial charge in [-0.15, -0.1) is 0 Å². The zero-order chi connectivity index (χ0) is 11.9. The summed E-state index contributed by atoms with van der Waals surface area (Å²) in [5.41, 5.74) is 1.60. The normalized spacial score (nSPS) is 22.9. The van der Waals surface area contributed by atoms with Crippen molar-refractivity contribution in [3.63, 3.8) is 0 Å². The van der Waals surface area contributed by atoms with Crippen molar-refractivity contribution in [2.24, 2.45) is 0 Å². The molecule has 1 N–H and O–H groups in total. The van der Waals surface area contributed by atoms with Crippen LogP contribution in [0.5, 0.6) is 5.75 Å². The van der Waals surface area contributed by atoms with Crippen LogP contribution in [0.15, 0.2) is 12.1 Å². The molecule has 1 aliphatic rings. The number of carboxylic acid groups (broad SMARTS) is 1. The molecule has 1 atom stereocenters. The van der Waals surface area contributed by atoms with Gasteiger partial charge in [0.1, 0.15) is 13.6 Å². The third kappa shape index (κ3) is 1.40. The molecule has 1 unspecified atom stereocenters. The summed E-state index contributed by atoms with van der Waals surface area (Å²) in [5.74, 6) is -0.244. The minimum Gasteiger partial charge on any atom is -0.497 e. The van der Waals surface area contributed by atoms with Crippen molar-refractivity contribution in [1.82, 2.24) is 0 Å². The number of rotatable bonds is 2. The van der Waals surface area contributed by atoms with Crippen LogP contribution in [0.4, 0.5) is 0 Å². The molecule has 0 fully saturated rings. The molecule has 0 aromatic heterocycles. The van der Waals surface area contributed by atoms with E-state index in [1.54, 1.807) is 13.0 Å². The van der Waals surface area contributed by atoms with E-state index in [1.807, 2.05) is 6.07 Å². The summed E-state index contributed by atoms with van der Waals surface area (Å²) in [6.45, 7) is 1.75. The topological polar surface area (TPSA) is 46.5 Å². The van der Waals surface area contributed by atoms with Gasteiger partial charge in [-0.2, -0.15) is 0 Å². The lowest BCUT2D eigenvalue weighted by Gasteiger charge is -2.20. The smallest absolute Gasteiger partial charge is 0.313 e. The van der Waals surface area contributed by atoms with Gasteiger partial charge in [-0.25, -0.2) is 0 Å². The van der Waals surface area contributed by atoms with E-state index in [2.05, 4.69) is 0 Å². The third-order valence-electron chi connectivity index (χ3n) is 3.42. The molecule has 4 heteroatoms. The summed E-state index contributed by atoms with van der Waals surface area (Å²) in [6.07, 6.45) is 1.37. The average molecular weight is 216 g/mol. The maximum absolute atomic E-state index is 11.3. The van der Waals surface area contributed by atoms with E-state index in [-0.39, 0.29) is 0 Å². The number of ether oxygens (including phenoxy) is 1. The number of fused-ring (bicyclic) bond motifs is 1. The predicted molar refractivity (Wildman–Crippen MR) is 61.7 cm³/mol. The van der Waals surface area contributed by atoms with Crippen molar-refractivity contribution in [3.05, 3.63) is 23.3 Å². The van der Waals surface area contributed by atoms with Crippen LogP contribution in [0.1, 0.15) is 24.5 Å². The van der Waals surface area contributed by atoms with Gasteiger partial charge in [0.25, 0.3) is 0 Å². The summed E-state index contributed by atoms with van der Waals surface area (Å²) in [7, 11) is 7.33. The van der Waals surface area contributed by atoms with Crippen molar-refractivity contribution in [1.29, 1.82) is 0 Å². The first-order chi connectivity index (χ1) is 7.49. The lowest BCUT2D eigenvalue weighted by atomic mass is 9.82. The molecule has 2 rings (SSSR count). The van der Waals surface area contributed by atoms with Crippen molar-refractivity contribution >= 4 is 19.3 Å². The van der Waals surface area contributed by atoms with Crippen LogP contribution in [-0.4, -0.2) is 26.0 Å². The number of benzene rings is 1. The van der Waals surface area contributed by atoms with Crippen LogP contribution in [0.3, 0.4) is 0 Å². The lowest BCUT2D eigenvalue weighted by molar-refractivity contribution is -0.143. The van der Waals surface area contributed by atoms with Crippen molar-refractivity contribution in [2.45, 2.75) is 25.2 Å². The molecule has 0 saturated heterocycles. The van der Waals surface area contributed by atoms with Crippen LogP contribution >= 0.6 is 0 Å². The first-order valence-electron chi connectivity index (χ1n) is 5.19. The van der Waals surface area contributed by atoms with Gasteiger partial charge in [0, 0.05) is 0 Å². The molecule has 0 bridgehead atoms. The van der Waals surface area contributed by atoms with Gasteiger partial charge in [0.05, 0.1) is 12.5 Å². The fourth-order valence-corrected chi connectivity index (χ4v) is 2.28. The van der Waals surface area contributed by atoms with E-state index < -0.39 is 11.4 Å². The number of aryl methyl sites for hydroxylation is 1. The zero-order valence-corrected chi connectivity index (χ0v) is 9.41. The van der Waals surface area contributed by atoms with Crippen molar-refractivity contribution in [2.75, 3.05) is 7.11 Å². The van der Waals surface area contributed by atoms with Gasteiger partial charge in [-0.1, -0.05) is 11.5 Å². The summed E-state index contributed by atoms with van der Waals surface area (Å²) >= 11 is 0. The lowest BCUT2D eigenvalue weighted by Crippen LogP contribution is -2.29. The minimum atomic E-state index is -0.809. The Labute approximate surface area is 95.8 Å². The van der Waals surface area contributed by atoms with E-state index in [0.717, 1.165) is 17.5 Å². The number of aliphatic carboxylic acids is 1. The van der Waals surface area contributed by atoms with Crippen LogP contribution in [0.25, 0.3) is 0 Å². The molecule has 0 saturated carbocycles. The molecule has 16 heavy (non-hydrogen) atoms. The molecule has 1 aromatic carbocycles. The largest absolute Gasteiger partial charge is 0.497 e. The Morgan fingerprint density at radius 3 is 2.81 bits per heavy atom. The van der Waals surface area contributed by atoms with Crippen LogP contribution in [0, 0.1) is 0 Å². The SMILES string of the molecule is [B]c1cc2c(cc1OC)C(C)(C(=O)O)CC2. The third-order valence-corrected chi connectivity index (χ3v) is 3.42. The maximum Gasteiger partial charge on any atom is 0.313 e. The molecule has 3 nitrogen and oxygen atoms in total. The monoisotopic (exact) mass is 216 g/mol. The quantitative estimate of drug-likeness (QED) is 0.743. The van der Waals surface area contributed by atoms with Crippen molar-refractivity contribution in [3.8, 4) is 5.75 Å². The van der Waals surface area contributed by atoms with E-state index >= 15 is 0 Å². The molecule has 0 amide bonds. The second kappa shape index (κ2) is 3.54. The molecule has 0 heterocycles. The number of hydrogen-bond acceptors (Lipinski definition) is 2. The highest BCUT2D eigenvalue weighted by molar-refractivity contribution is 6.34. The highest BCUT2D eigenvalue weighted by atomic mass is 16.5. The van der Waals surface area contributed by atoms with Gasteiger partial charge in [0.2, 0.25) is 0 Å². The summed E-state index contributed by atoms with van der Waals surface area (Å²) in [6, 6.07) is 3.58. The summed E-state index contributed by atoms with van der Waals surface area (Å²) in [5, 5.41) is 9.28. The number of methoxy groups -OCH3 is 1. The first-order valence-corrected chi connectivity index (χ1v) is 5.19. The van der Waals surface area contributed by atoms with Gasteiger partial charge in [0.15, 0.2) is 0 Å². The van der Waals surface area contributed by atoms with E-state index in [0.29, 0.717) is 17.6 Å². The molecule has 0 aliphatic heterocycles. The average Bonchev–Trinajstić information content (AvgIpc) is 2.56. The van der Waals surface area contributed by atoms with Crippen molar-refractivity contribution < 1.29 is 14.6 Å². The van der Waals surface area contributed by atoms with Crippen LogP contribution < -0.4 is 10.2 Å². The Balaban J connectivity index is 2.59. The number of hydrogen-bond donors (Lipinski definition) is 1. The number of carboxylic acids is 1. The molecule has 1 aromatic rings. The first kappa shape index (κ1) is 11.1. The van der Waals surface area contributed by atoms with Crippen LogP contribution in [0.2, 0.25) is 0 Å².